The van der Waals surface area contributed by atoms with Crippen LogP contribution in [0.5, 0.6) is 0 Å². The van der Waals surface area contributed by atoms with Crippen LogP contribution in [0.4, 0.5) is 0 Å². The Hall–Kier alpha value is -1.63. The molecule has 0 aromatic rings. The molecular formula is C25H32O6. The molecule has 1 heterocycles. The standard InChI is InChI=1S/C25H32O6/c1-4-5-21-30-20-11-17-16-7-6-14-10-15(27)8-9-23(14,2)22(16)18(28)12-24(17,3)25(20,31-21)19(29)13-26/h8-10,13,16-18,20-22,28H,4-7,11-12H2,1-3H3/t16-,17-,18-,20+,21+,22+,23-,24-,25+/m0/s1. The van der Waals surface area contributed by atoms with E-state index in [4.69, 9.17) is 9.47 Å². The number of rotatable bonds is 4. The van der Waals surface area contributed by atoms with Crippen molar-refractivity contribution >= 4 is 17.9 Å². The monoisotopic (exact) mass is 428 g/mol. The highest BCUT2D eigenvalue weighted by Crippen LogP contribution is 2.69. The maximum atomic E-state index is 13.1. The lowest BCUT2D eigenvalue weighted by Crippen LogP contribution is -2.63. The molecule has 0 bridgehead atoms. The van der Waals surface area contributed by atoms with Crippen molar-refractivity contribution in [1.29, 1.82) is 0 Å². The number of ether oxygens (including phenoxy) is 2. The number of hydrogen-bond donors (Lipinski definition) is 1. The Morgan fingerprint density at radius 1 is 1.35 bits per heavy atom. The van der Waals surface area contributed by atoms with E-state index in [0.717, 1.165) is 24.8 Å². The highest BCUT2D eigenvalue weighted by Gasteiger charge is 2.75. The van der Waals surface area contributed by atoms with Crippen molar-refractivity contribution in [1.82, 2.24) is 0 Å². The number of aliphatic hydroxyl groups excluding tert-OH is 1. The maximum absolute atomic E-state index is 13.1. The van der Waals surface area contributed by atoms with Gasteiger partial charge in [0.15, 0.2) is 24.0 Å². The average molecular weight is 429 g/mol. The van der Waals surface area contributed by atoms with Crippen LogP contribution in [0.3, 0.4) is 0 Å². The Bertz CT molecular complexity index is 890. The Labute approximate surface area is 183 Å². The smallest absolute Gasteiger partial charge is 0.230 e. The molecule has 1 saturated heterocycles. The molecule has 1 aliphatic heterocycles. The summed E-state index contributed by atoms with van der Waals surface area (Å²) >= 11 is 0. The number of hydrogen-bond acceptors (Lipinski definition) is 6. The van der Waals surface area contributed by atoms with E-state index in [0.29, 0.717) is 25.5 Å². The number of carbonyl (C=O) groups is 3. The predicted octanol–water partition coefficient (Wildman–Crippen LogP) is 2.92. The minimum Gasteiger partial charge on any atom is -0.393 e. The van der Waals surface area contributed by atoms with Crippen molar-refractivity contribution in [3.05, 3.63) is 23.8 Å². The zero-order chi connectivity index (χ0) is 22.2. The first-order chi connectivity index (χ1) is 14.7. The van der Waals surface area contributed by atoms with E-state index >= 15 is 0 Å². The molecule has 0 unspecified atom stereocenters. The molecule has 5 rings (SSSR count). The van der Waals surface area contributed by atoms with E-state index in [1.165, 1.54) is 0 Å². The summed E-state index contributed by atoms with van der Waals surface area (Å²) in [6, 6.07) is 0. The van der Waals surface area contributed by atoms with Gasteiger partial charge in [0, 0.05) is 16.7 Å². The molecule has 31 heavy (non-hydrogen) atoms. The lowest BCUT2D eigenvalue weighted by Gasteiger charge is -2.59. The molecule has 0 amide bonds. The largest absolute Gasteiger partial charge is 0.393 e. The summed E-state index contributed by atoms with van der Waals surface area (Å²) in [5, 5.41) is 11.5. The van der Waals surface area contributed by atoms with Gasteiger partial charge in [-0.05, 0) is 56.1 Å². The minimum absolute atomic E-state index is 0.00996. The Morgan fingerprint density at radius 2 is 2.13 bits per heavy atom. The number of aliphatic hydroxyl groups is 1. The first-order valence-corrected chi connectivity index (χ1v) is 11.7. The molecule has 6 nitrogen and oxygen atoms in total. The van der Waals surface area contributed by atoms with Gasteiger partial charge in [0.1, 0.15) is 0 Å². The van der Waals surface area contributed by atoms with Crippen LogP contribution in [0.15, 0.2) is 23.8 Å². The van der Waals surface area contributed by atoms with Crippen molar-refractivity contribution in [2.45, 2.75) is 83.4 Å². The van der Waals surface area contributed by atoms with E-state index in [2.05, 4.69) is 6.92 Å². The van der Waals surface area contributed by atoms with E-state index < -0.39 is 35.3 Å². The van der Waals surface area contributed by atoms with Crippen LogP contribution < -0.4 is 0 Å². The number of aldehydes is 1. The fourth-order valence-corrected chi connectivity index (χ4v) is 8.03. The molecule has 0 aromatic carbocycles. The van der Waals surface area contributed by atoms with Gasteiger partial charge in [-0.25, -0.2) is 0 Å². The molecule has 5 aliphatic rings. The van der Waals surface area contributed by atoms with Gasteiger partial charge >= 0.3 is 0 Å². The van der Waals surface area contributed by atoms with E-state index in [1.54, 1.807) is 12.2 Å². The second-order valence-electron chi connectivity index (χ2n) is 10.6. The van der Waals surface area contributed by atoms with Crippen LogP contribution in [0.25, 0.3) is 0 Å². The summed E-state index contributed by atoms with van der Waals surface area (Å²) in [4.78, 5) is 36.8. The maximum Gasteiger partial charge on any atom is 0.230 e. The number of ketones is 2. The molecule has 3 saturated carbocycles. The van der Waals surface area contributed by atoms with Crippen molar-refractivity contribution in [3.8, 4) is 0 Å². The van der Waals surface area contributed by atoms with Crippen molar-refractivity contribution in [2.75, 3.05) is 0 Å². The van der Waals surface area contributed by atoms with Gasteiger partial charge in [-0.3, -0.25) is 14.4 Å². The molecule has 0 aromatic heterocycles. The third kappa shape index (κ3) is 2.58. The SMILES string of the molecule is CCC[C@@H]1O[C@@H]2C[C@H]3[C@@H]4CCC5=CC(=O)C=C[C@]5(C)[C@H]4[C@@H](O)C[C@]3(C)[C@]2(C(=O)C=O)O1. The normalized spacial score (nSPS) is 50.2. The number of carbonyl (C=O) groups excluding carboxylic acids is 3. The second kappa shape index (κ2) is 6.93. The Morgan fingerprint density at radius 3 is 2.84 bits per heavy atom. The summed E-state index contributed by atoms with van der Waals surface area (Å²) in [7, 11) is 0. The molecule has 4 aliphatic carbocycles. The lowest BCUT2D eigenvalue weighted by atomic mass is 9.46. The summed E-state index contributed by atoms with van der Waals surface area (Å²) in [6.45, 7) is 6.17. The van der Waals surface area contributed by atoms with Gasteiger partial charge in [-0.15, -0.1) is 0 Å². The molecule has 0 radical (unpaired) electrons. The van der Waals surface area contributed by atoms with Crippen LogP contribution in [0.1, 0.15) is 59.3 Å². The van der Waals surface area contributed by atoms with Gasteiger partial charge in [0.05, 0.1) is 12.2 Å². The first-order valence-electron chi connectivity index (χ1n) is 11.7. The third-order valence-corrected chi connectivity index (χ3v) is 9.29. The second-order valence-corrected chi connectivity index (χ2v) is 10.6. The van der Waals surface area contributed by atoms with Crippen LogP contribution in [0, 0.1) is 28.6 Å². The zero-order valence-corrected chi connectivity index (χ0v) is 18.5. The van der Waals surface area contributed by atoms with Gasteiger partial charge in [-0.1, -0.05) is 38.8 Å². The highest BCUT2D eigenvalue weighted by molar-refractivity contribution is 6.29. The molecule has 4 fully saturated rings. The van der Waals surface area contributed by atoms with Crippen LogP contribution in [0.2, 0.25) is 0 Å². The average Bonchev–Trinajstić information content (AvgIpc) is 3.20. The summed E-state index contributed by atoms with van der Waals surface area (Å²) in [5.41, 5.74) is -1.27. The molecule has 0 spiro atoms. The van der Waals surface area contributed by atoms with E-state index in [1.807, 2.05) is 19.9 Å². The Balaban J connectivity index is 1.56. The van der Waals surface area contributed by atoms with Crippen molar-refractivity contribution in [2.24, 2.45) is 28.6 Å². The summed E-state index contributed by atoms with van der Waals surface area (Å²) in [5.74, 6) is -0.328. The third-order valence-electron chi connectivity index (χ3n) is 9.29. The Kier molecular flexibility index (Phi) is 4.75. The van der Waals surface area contributed by atoms with Gasteiger partial charge in [0.2, 0.25) is 5.78 Å². The van der Waals surface area contributed by atoms with Crippen molar-refractivity contribution < 1.29 is 29.0 Å². The molecule has 9 atom stereocenters. The van der Waals surface area contributed by atoms with E-state index in [-0.39, 0.29) is 29.0 Å². The van der Waals surface area contributed by atoms with Crippen LogP contribution in [-0.2, 0) is 23.9 Å². The molecule has 6 heteroatoms. The first kappa shape index (κ1) is 21.2. The molecule has 1 N–H and O–H groups in total. The van der Waals surface area contributed by atoms with E-state index in [9.17, 15) is 19.5 Å². The highest BCUT2D eigenvalue weighted by atomic mass is 16.7. The lowest BCUT2D eigenvalue weighted by molar-refractivity contribution is -0.198. The summed E-state index contributed by atoms with van der Waals surface area (Å²) in [6.07, 6.45) is 8.30. The van der Waals surface area contributed by atoms with Gasteiger partial charge < -0.3 is 14.6 Å². The van der Waals surface area contributed by atoms with Crippen molar-refractivity contribution in [3.63, 3.8) is 0 Å². The number of allylic oxidation sites excluding steroid dienone is 4. The minimum atomic E-state index is -1.32. The van der Waals surface area contributed by atoms with Crippen LogP contribution >= 0.6 is 0 Å². The fourth-order valence-electron chi connectivity index (χ4n) is 8.03. The quantitative estimate of drug-likeness (QED) is 0.547. The van der Waals surface area contributed by atoms with Gasteiger partial charge in [0.25, 0.3) is 0 Å². The fraction of sp³-hybridized carbons (Fsp3) is 0.720. The summed E-state index contributed by atoms with van der Waals surface area (Å²) < 4.78 is 12.5. The topological polar surface area (TPSA) is 89.9 Å². The van der Waals surface area contributed by atoms with Crippen LogP contribution in [-0.4, -0.2) is 47.1 Å². The molecular weight excluding hydrogens is 396 g/mol. The predicted molar refractivity (Wildman–Crippen MR) is 112 cm³/mol. The van der Waals surface area contributed by atoms with Gasteiger partial charge in [-0.2, -0.15) is 0 Å². The number of Topliss-reactive ketones (excluding diaryl/α,β-unsaturated/α-hetero) is 1. The molecule has 168 valence electrons. The zero-order valence-electron chi connectivity index (χ0n) is 18.5. The number of fused-ring (bicyclic) bond motifs is 7.